The summed E-state index contributed by atoms with van der Waals surface area (Å²) in [7, 11) is -2.17. The molecule has 1 aliphatic rings. The fourth-order valence-electron chi connectivity index (χ4n) is 3.10. The number of amides is 1. The van der Waals surface area contributed by atoms with E-state index in [1.807, 2.05) is 18.2 Å². The summed E-state index contributed by atoms with van der Waals surface area (Å²) in [4.78, 5) is 29.1. The number of carbonyl (C=O) groups excluding carboxylic acids is 1. The van der Waals surface area contributed by atoms with E-state index in [0.717, 1.165) is 23.4 Å². The highest BCUT2D eigenvalue weighted by Gasteiger charge is 2.38. The predicted octanol–water partition coefficient (Wildman–Crippen LogP) is 3.39. The van der Waals surface area contributed by atoms with Crippen LogP contribution in [-0.4, -0.2) is 48.6 Å². The maximum absolute atomic E-state index is 12.0. The summed E-state index contributed by atoms with van der Waals surface area (Å²) in [5.74, 6) is -1.70. The Morgan fingerprint density at radius 1 is 1.00 bits per heavy atom. The lowest BCUT2D eigenvalue weighted by atomic mass is 10.0. The van der Waals surface area contributed by atoms with Crippen molar-refractivity contribution in [3.05, 3.63) is 60.4 Å². The fraction of sp³-hybridized carbons (Fsp3) is 0.182. The summed E-state index contributed by atoms with van der Waals surface area (Å²) in [5.41, 5.74) is 3.25. The van der Waals surface area contributed by atoms with E-state index in [-0.39, 0.29) is 10.8 Å². The topological polar surface area (TPSA) is 162 Å². The Kier molecular flexibility index (Phi) is 8.29. The third-order valence-electron chi connectivity index (χ3n) is 4.87. The lowest BCUT2D eigenvalue weighted by molar-refractivity contribution is -0.192. The summed E-state index contributed by atoms with van der Waals surface area (Å²) >= 11 is 0. The van der Waals surface area contributed by atoms with Crippen molar-refractivity contribution < 1.29 is 36.3 Å². The maximum Gasteiger partial charge on any atom is 0.490 e. The molecule has 2 aromatic carbocycles. The molecule has 0 atom stereocenters. The quantitative estimate of drug-likeness (QED) is 0.317. The monoisotopic (exact) mass is 538 g/mol. The van der Waals surface area contributed by atoms with Crippen molar-refractivity contribution in [1.82, 2.24) is 14.7 Å². The van der Waals surface area contributed by atoms with Crippen molar-refractivity contribution in [2.75, 3.05) is 23.0 Å². The van der Waals surface area contributed by atoms with Crippen LogP contribution in [0.3, 0.4) is 0 Å². The number of rotatable bonds is 6. The van der Waals surface area contributed by atoms with Crippen LogP contribution >= 0.6 is 0 Å². The van der Waals surface area contributed by atoms with Crippen LogP contribution in [0.2, 0.25) is 0 Å². The van der Waals surface area contributed by atoms with Gasteiger partial charge in [-0.05, 0) is 49.4 Å². The van der Waals surface area contributed by atoms with Crippen LogP contribution in [0.15, 0.2) is 59.8 Å². The minimum absolute atomic E-state index is 0.00990. The Labute approximate surface area is 209 Å². The number of sulfonamides is 1. The summed E-state index contributed by atoms with van der Waals surface area (Å²) in [6, 6.07) is 13.9. The number of hydrogen-bond acceptors (Lipinski definition) is 8. The maximum atomic E-state index is 12.0. The molecule has 1 amide bonds. The first-order valence-corrected chi connectivity index (χ1v) is 12.0. The van der Waals surface area contributed by atoms with Crippen molar-refractivity contribution in [3.8, 4) is 0 Å². The molecule has 4 rings (SSSR count). The number of carboxylic acids is 1. The molecule has 1 aromatic heterocycles. The van der Waals surface area contributed by atoms with Crippen LogP contribution in [0.4, 0.5) is 41.9 Å². The van der Waals surface area contributed by atoms with Crippen LogP contribution in [-0.2, 0) is 26.0 Å². The minimum Gasteiger partial charge on any atom is -0.475 e. The van der Waals surface area contributed by atoms with Gasteiger partial charge >= 0.3 is 12.1 Å². The van der Waals surface area contributed by atoms with Crippen LogP contribution in [0.1, 0.15) is 12.0 Å². The number of nitrogens with one attached hydrogen (secondary N) is 4. The zero-order valence-electron chi connectivity index (χ0n) is 19.1. The second-order valence-corrected chi connectivity index (χ2v) is 9.38. The molecule has 0 saturated heterocycles. The average molecular weight is 539 g/mol. The zero-order valence-corrected chi connectivity index (χ0v) is 19.9. The number of alkyl halides is 3. The Hall–Kier alpha value is -4.24. The molecule has 0 fully saturated rings. The SMILES string of the molecule is CNS(=O)(=O)c1cccc(Nc2cc(Nc3ccc4c(c3)NC(=O)CC4)ncn2)c1.O=C(O)C(F)(F)F. The van der Waals surface area contributed by atoms with E-state index in [1.165, 1.54) is 25.5 Å². The van der Waals surface area contributed by atoms with Gasteiger partial charge in [-0.2, -0.15) is 13.2 Å². The lowest BCUT2D eigenvalue weighted by Gasteiger charge is -2.18. The Balaban J connectivity index is 0.000000479. The van der Waals surface area contributed by atoms with Gasteiger partial charge in [0, 0.05) is 29.5 Å². The summed E-state index contributed by atoms with van der Waals surface area (Å²) in [6.45, 7) is 0. The average Bonchev–Trinajstić information content (AvgIpc) is 2.84. The molecule has 0 unspecified atom stereocenters. The molecule has 0 aliphatic carbocycles. The van der Waals surface area contributed by atoms with Gasteiger partial charge in [0.05, 0.1) is 4.90 Å². The molecule has 37 heavy (non-hydrogen) atoms. The largest absolute Gasteiger partial charge is 0.490 e. The number of benzene rings is 2. The van der Waals surface area contributed by atoms with Crippen molar-refractivity contribution in [3.63, 3.8) is 0 Å². The molecule has 196 valence electrons. The van der Waals surface area contributed by atoms with Crippen molar-refractivity contribution in [2.45, 2.75) is 23.9 Å². The van der Waals surface area contributed by atoms with Gasteiger partial charge in [-0.3, -0.25) is 4.79 Å². The van der Waals surface area contributed by atoms with Crippen molar-refractivity contribution in [2.24, 2.45) is 0 Å². The second kappa shape index (κ2) is 11.2. The Morgan fingerprint density at radius 3 is 2.22 bits per heavy atom. The summed E-state index contributed by atoms with van der Waals surface area (Å²) in [6.07, 6.45) is -2.46. The van der Waals surface area contributed by atoms with Crippen LogP contribution < -0.4 is 20.7 Å². The number of hydrogen-bond donors (Lipinski definition) is 5. The Morgan fingerprint density at radius 2 is 1.62 bits per heavy atom. The number of fused-ring (bicyclic) bond motifs is 1. The number of aromatic nitrogens is 2. The van der Waals surface area contributed by atoms with Crippen LogP contribution in [0, 0.1) is 0 Å². The molecule has 0 saturated carbocycles. The first kappa shape index (κ1) is 27.3. The molecule has 11 nitrogen and oxygen atoms in total. The smallest absolute Gasteiger partial charge is 0.475 e. The van der Waals surface area contributed by atoms with Crippen LogP contribution in [0.25, 0.3) is 0 Å². The van der Waals surface area contributed by atoms with Gasteiger partial charge in [0.2, 0.25) is 15.9 Å². The van der Waals surface area contributed by atoms with E-state index in [4.69, 9.17) is 9.90 Å². The summed E-state index contributed by atoms with van der Waals surface area (Å²) < 4.78 is 58.0. The first-order chi connectivity index (χ1) is 17.4. The van der Waals surface area contributed by atoms with E-state index in [1.54, 1.807) is 18.2 Å². The fourth-order valence-corrected chi connectivity index (χ4v) is 3.87. The van der Waals surface area contributed by atoms with E-state index in [9.17, 15) is 26.4 Å². The van der Waals surface area contributed by atoms with E-state index in [2.05, 4.69) is 30.6 Å². The number of halogens is 3. The molecule has 0 spiro atoms. The van der Waals surface area contributed by atoms with Gasteiger partial charge in [0.1, 0.15) is 18.0 Å². The second-order valence-electron chi connectivity index (χ2n) is 7.50. The first-order valence-electron chi connectivity index (χ1n) is 10.5. The van der Waals surface area contributed by atoms with Crippen molar-refractivity contribution in [1.29, 1.82) is 0 Å². The molecule has 5 N–H and O–H groups in total. The van der Waals surface area contributed by atoms with Gasteiger partial charge in [-0.15, -0.1) is 0 Å². The van der Waals surface area contributed by atoms with Crippen LogP contribution in [0.5, 0.6) is 0 Å². The standard InChI is InChI=1S/C20H20N6O3S.C2HF3O2/c1-21-30(28,29)16-4-2-3-14(9-16)24-18-11-19(23-12-22-18)25-15-7-5-13-6-8-20(27)26-17(13)10-15;3-2(4,5)1(6)7/h2-5,7,9-12,21H,6,8H2,1H3,(H,26,27)(H2,22,23,24,25);(H,6,7). The number of aryl methyl sites for hydroxylation is 1. The van der Waals surface area contributed by atoms with E-state index in [0.29, 0.717) is 23.7 Å². The third-order valence-corrected chi connectivity index (χ3v) is 6.28. The van der Waals surface area contributed by atoms with Crippen molar-refractivity contribution >= 4 is 50.6 Å². The normalized spacial score (nSPS) is 12.9. The van der Waals surface area contributed by atoms with Gasteiger partial charge in [-0.25, -0.2) is 27.9 Å². The molecular weight excluding hydrogens is 517 g/mol. The number of anilines is 5. The molecule has 0 radical (unpaired) electrons. The highest BCUT2D eigenvalue weighted by atomic mass is 32.2. The van der Waals surface area contributed by atoms with Gasteiger partial charge in [0.25, 0.3) is 0 Å². The molecule has 1 aliphatic heterocycles. The highest BCUT2D eigenvalue weighted by molar-refractivity contribution is 7.89. The molecule has 15 heteroatoms. The molecule has 0 bridgehead atoms. The van der Waals surface area contributed by atoms with Gasteiger partial charge in [-0.1, -0.05) is 12.1 Å². The zero-order chi connectivity index (χ0) is 27.2. The number of nitrogens with zero attached hydrogens (tertiary/aromatic N) is 2. The highest BCUT2D eigenvalue weighted by Crippen LogP contribution is 2.28. The minimum atomic E-state index is -5.08. The van der Waals surface area contributed by atoms with Gasteiger partial charge < -0.3 is 21.1 Å². The van der Waals surface area contributed by atoms with E-state index < -0.39 is 22.2 Å². The Bertz CT molecular complexity index is 1420. The molecular formula is C22H21F3N6O5S. The predicted molar refractivity (Wildman–Crippen MR) is 128 cm³/mol. The van der Waals surface area contributed by atoms with E-state index >= 15 is 0 Å². The summed E-state index contributed by atoms with van der Waals surface area (Å²) in [5, 5.41) is 16.3. The molecule has 2 heterocycles. The third kappa shape index (κ3) is 7.62. The number of aliphatic carboxylic acids is 1. The number of carbonyl (C=O) groups is 2. The number of carboxylic acid groups (broad SMARTS) is 1. The molecule has 3 aromatic rings. The lowest BCUT2D eigenvalue weighted by Crippen LogP contribution is -2.21. The van der Waals surface area contributed by atoms with Gasteiger partial charge in [0.15, 0.2) is 0 Å².